The van der Waals surface area contributed by atoms with Crippen LogP contribution in [0, 0.1) is 6.92 Å². The molecule has 9 heteroatoms. The van der Waals surface area contributed by atoms with Gasteiger partial charge < -0.3 is 10.6 Å². The van der Waals surface area contributed by atoms with Gasteiger partial charge in [-0.25, -0.2) is 0 Å². The second kappa shape index (κ2) is 9.51. The van der Waals surface area contributed by atoms with Gasteiger partial charge in [0.05, 0.1) is 13.1 Å². The zero-order valence-corrected chi connectivity index (χ0v) is 19.0. The van der Waals surface area contributed by atoms with Crippen molar-refractivity contribution in [1.29, 1.82) is 0 Å². The third kappa shape index (κ3) is 5.64. The van der Waals surface area contributed by atoms with E-state index in [4.69, 9.17) is 35.4 Å². The molecular weight excluding hydrogens is 451 g/mol. The normalized spacial score (nSPS) is 10.8. The Morgan fingerprint density at radius 3 is 2.10 bits per heavy atom. The number of anilines is 2. The van der Waals surface area contributed by atoms with Crippen LogP contribution in [0.5, 0.6) is 0 Å². The highest BCUT2D eigenvalue weighted by Gasteiger charge is 2.07. The minimum Gasteiger partial charge on any atom is -0.316 e. The van der Waals surface area contributed by atoms with Crippen molar-refractivity contribution in [2.75, 3.05) is 10.6 Å². The molecule has 0 saturated carbocycles. The first kappa shape index (κ1) is 21.4. The van der Waals surface area contributed by atoms with Crippen LogP contribution in [-0.4, -0.2) is 24.7 Å². The molecule has 4 aromatic rings. The summed E-state index contributed by atoms with van der Waals surface area (Å²) in [7, 11) is 0. The van der Waals surface area contributed by atoms with Gasteiger partial charge in [0.1, 0.15) is 0 Å². The van der Waals surface area contributed by atoms with Crippen LogP contribution in [0.4, 0.5) is 11.6 Å². The standard InChI is InChI=1S/C22H20Cl2N6S/c1-15-4-2-3-5-16(15)13-29-10-8-20(27-29)25-22(31)26-21-9-11-30(28-21)14-17-6-7-18(23)12-19(17)24/h2-12H,13-14H2,1H3,(H2,25,26,27,28,31). The summed E-state index contributed by atoms with van der Waals surface area (Å²) < 4.78 is 3.65. The van der Waals surface area contributed by atoms with E-state index in [0.29, 0.717) is 39.9 Å². The molecule has 0 aliphatic carbocycles. The fourth-order valence-electron chi connectivity index (χ4n) is 3.08. The van der Waals surface area contributed by atoms with Crippen LogP contribution in [0.1, 0.15) is 16.7 Å². The van der Waals surface area contributed by atoms with E-state index in [1.807, 2.05) is 53.5 Å². The predicted octanol–water partition coefficient (Wildman–Crippen LogP) is 5.60. The van der Waals surface area contributed by atoms with Crippen molar-refractivity contribution >= 4 is 52.2 Å². The largest absolute Gasteiger partial charge is 0.316 e. The Balaban J connectivity index is 1.33. The molecule has 4 rings (SSSR count). The molecule has 0 fully saturated rings. The molecule has 158 valence electrons. The van der Waals surface area contributed by atoms with E-state index < -0.39 is 0 Å². The van der Waals surface area contributed by atoms with Crippen LogP contribution in [0.2, 0.25) is 10.0 Å². The van der Waals surface area contributed by atoms with E-state index in [2.05, 4.69) is 39.9 Å². The monoisotopic (exact) mass is 470 g/mol. The van der Waals surface area contributed by atoms with Crippen LogP contribution < -0.4 is 10.6 Å². The van der Waals surface area contributed by atoms with Gasteiger partial charge in [0.25, 0.3) is 0 Å². The minimum atomic E-state index is 0.413. The lowest BCUT2D eigenvalue weighted by Crippen LogP contribution is -2.20. The Kier molecular flexibility index (Phi) is 6.56. The number of hydrogen-bond donors (Lipinski definition) is 2. The lowest BCUT2D eigenvalue weighted by Gasteiger charge is -2.07. The van der Waals surface area contributed by atoms with Crippen molar-refractivity contribution in [1.82, 2.24) is 19.6 Å². The Morgan fingerprint density at radius 2 is 1.48 bits per heavy atom. The summed E-state index contributed by atoms with van der Waals surface area (Å²) >= 11 is 17.6. The maximum absolute atomic E-state index is 6.24. The Bertz CT molecular complexity index is 1220. The van der Waals surface area contributed by atoms with Crippen molar-refractivity contribution in [2.24, 2.45) is 0 Å². The summed E-state index contributed by atoms with van der Waals surface area (Å²) in [4.78, 5) is 0. The van der Waals surface area contributed by atoms with E-state index in [0.717, 1.165) is 5.56 Å². The Hall–Kier alpha value is -2.87. The van der Waals surface area contributed by atoms with E-state index in [1.165, 1.54) is 11.1 Å². The van der Waals surface area contributed by atoms with Crippen LogP contribution in [0.25, 0.3) is 0 Å². The number of nitrogens with zero attached hydrogens (tertiary/aromatic N) is 4. The van der Waals surface area contributed by atoms with Crippen LogP contribution >= 0.6 is 35.4 Å². The van der Waals surface area contributed by atoms with Crippen molar-refractivity contribution in [3.8, 4) is 0 Å². The molecule has 0 radical (unpaired) electrons. The summed E-state index contributed by atoms with van der Waals surface area (Å²) in [6.07, 6.45) is 3.77. The fraction of sp³-hybridized carbons (Fsp3) is 0.136. The van der Waals surface area contributed by atoms with Gasteiger partial charge in [-0.05, 0) is 48.0 Å². The summed E-state index contributed by atoms with van der Waals surface area (Å²) in [6, 6.07) is 17.4. The van der Waals surface area contributed by atoms with E-state index in [-0.39, 0.29) is 0 Å². The first-order valence-corrected chi connectivity index (χ1v) is 10.8. The topological polar surface area (TPSA) is 59.7 Å². The van der Waals surface area contributed by atoms with E-state index >= 15 is 0 Å². The molecule has 0 atom stereocenters. The predicted molar refractivity (Wildman–Crippen MR) is 130 cm³/mol. The number of nitrogens with one attached hydrogen (secondary N) is 2. The number of aromatic nitrogens is 4. The van der Waals surface area contributed by atoms with E-state index in [9.17, 15) is 0 Å². The third-order valence-electron chi connectivity index (χ3n) is 4.71. The van der Waals surface area contributed by atoms with Gasteiger partial charge in [0, 0.05) is 34.6 Å². The Labute approximate surface area is 195 Å². The highest BCUT2D eigenvalue weighted by Crippen LogP contribution is 2.22. The highest BCUT2D eigenvalue weighted by atomic mass is 35.5. The Morgan fingerprint density at radius 1 is 0.871 bits per heavy atom. The van der Waals surface area contributed by atoms with Gasteiger partial charge in [-0.2, -0.15) is 10.2 Å². The number of rotatable bonds is 6. The van der Waals surface area contributed by atoms with Gasteiger partial charge in [-0.3, -0.25) is 9.36 Å². The zero-order valence-electron chi connectivity index (χ0n) is 16.7. The molecule has 0 amide bonds. The average Bonchev–Trinajstić information content (AvgIpc) is 3.35. The molecular formula is C22H20Cl2N6S. The maximum atomic E-state index is 6.24. The smallest absolute Gasteiger partial charge is 0.177 e. The van der Waals surface area contributed by atoms with Crippen molar-refractivity contribution < 1.29 is 0 Å². The van der Waals surface area contributed by atoms with Gasteiger partial charge in [-0.1, -0.05) is 53.5 Å². The fourth-order valence-corrected chi connectivity index (χ4v) is 3.76. The number of aryl methyl sites for hydroxylation is 1. The number of halogens is 2. The quantitative estimate of drug-likeness (QED) is 0.359. The summed E-state index contributed by atoms with van der Waals surface area (Å²) in [5.41, 5.74) is 3.39. The lowest BCUT2D eigenvalue weighted by atomic mass is 10.1. The molecule has 0 spiro atoms. The van der Waals surface area contributed by atoms with Gasteiger partial charge in [0.15, 0.2) is 16.7 Å². The van der Waals surface area contributed by atoms with Gasteiger partial charge in [-0.15, -0.1) is 0 Å². The van der Waals surface area contributed by atoms with Gasteiger partial charge >= 0.3 is 0 Å². The van der Waals surface area contributed by atoms with Gasteiger partial charge in [0.2, 0.25) is 0 Å². The molecule has 6 nitrogen and oxygen atoms in total. The number of hydrogen-bond acceptors (Lipinski definition) is 3. The number of thiocarbonyl (C=S) groups is 1. The minimum absolute atomic E-state index is 0.413. The molecule has 2 aromatic carbocycles. The molecule has 0 saturated heterocycles. The van der Waals surface area contributed by atoms with Crippen molar-refractivity contribution in [3.63, 3.8) is 0 Å². The van der Waals surface area contributed by atoms with Crippen LogP contribution in [-0.2, 0) is 13.1 Å². The van der Waals surface area contributed by atoms with E-state index in [1.54, 1.807) is 10.7 Å². The van der Waals surface area contributed by atoms with Crippen molar-refractivity contribution in [2.45, 2.75) is 20.0 Å². The number of benzene rings is 2. The molecule has 0 aliphatic rings. The maximum Gasteiger partial charge on any atom is 0.177 e. The summed E-state index contributed by atoms with van der Waals surface area (Å²) in [6.45, 7) is 3.32. The first-order chi connectivity index (χ1) is 15.0. The molecule has 0 aliphatic heterocycles. The summed E-state index contributed by atoms with van der Waals surface area (Å²) in [5, 5.41) is 16.8. The van der Waals surface area contributed by atoms with Crippen LogP contribution in [0.15, 0.2) is 67.0 Å². The molecule has 0 unspecified atom stereocenters. The highest BCUT2D eigenvalue weighted by molar-refractivity contribution is 7.80. The SMILES string of the molecule is Cc1ccccc1Cn1ccc(NC(=S)Nc2ccn(Cc3ccc(Cl)cc3Cl)n2)n1. The average molecular weight is 471 g/mol. The second-order valence-corrected chi connectivity index (χ2v) is 8.29. The first-order valence-electron chi connectivity index (χ1n) is 9.59. The lowest BCUT2D eigenvalue weighted by molar-refractivity contribution is 0.687. The molecule has 2 N–H and O–H groups in total. The molecule has 0 bridgehead atoms. The third-order valence-corrected chi connectivity index (χ3v) is 5.50. The summed E-state index contributed by atoms with van der Waals surface area (Å²) in [5.74, 6) is 1.29. The molecule has 2 heterocycles. The molecule has 31 heavy (non-hydrogen) atoms. The zero-order chi connectivity index (χ0) is 21.8. The second-order valence-electron chi connectivity index (χ2n) is 7.04. The van der Waals surface area contributed by atoms with Crippen LogP contribution in [0.3, 0.4) is 0 Å². The molecule has 2 aromatic heterocycles. The van der Waals surface area contributed by atoms with Crippen molar-refractivity contribution in [3.05, 3.63) is 93.7 Å².